The summed E-state index contributed by atoms with van der Waals surface area (Å²) in [6.07, 6.45) is 5.84. The van der Waals surface area contributed by atoms with Gasteiger partial charge in [-0.05, 0) is 105 Å². The van der Waals surface area contributed by atoms with Crippen LogP contribution in [-0.2, 0) is 23.8 Å². The number of aliphatic hydroxyl groups is 2. The minimum Gasteiger partial charge on any atom is -0.461 e. The summed E-state index contributed by atoms with van der Waals surface area (Å²) >= 11 is 0. The molecule has 0 aromatic carbocycles. The third-order valence-electron chi connectivity index (χ3n) is 14.5. The van der Waals surface area contributed by atoms with Gasteiger partial charge in [-0.1, -0.05) is 34.6 Å². The Morgan fingerprint density at radius 3 is 2.31 bits per heavy atom. The lowest BCUT2D eigenvalue weighted by atomic mass is 9.41. The second-order valence-electron chi connectivity index (χ2n) is 16.9. The molecule has 2 spiro atoms. The first-order chi connectivity index (χ1) is 19.4. The maximum Gasteiger partial charge on any atom is 0.319 e. The molecule has 5 saturated carbocycles. The van der Waals surface area contributed by atoms with Crippen LogP contribution in [0.25, 0.3) is 0 Å². The number of carbonyl (C=O) groups is 2. The van der Waals surface area contributed by atoms with Crippen molar-refractivity contribution in [3.8, 4) is 0 Å². The van der Waals surface area contributed by atoms with E-state index in [0.717, 1.165) is 32.1 Å². The van der Waals surface area contributed by atoms with Crippen molar-refractivity contribution in [2.75, 3.05) is 6.54 Å². The largest absolute Gasteiger partial charge is 0.461 e. The van der Waals surface area contributed by atoms with Gasteiger partial charge in [0.2, 0.25) is 0 Å². The van der Waals surface area contributed by atoms with E-state index in [2.05, 4.69) is 34.6 Å². The molecule has 6 aliphatic rings. The third kappa shape index (κ3) is 3.79. The van der Waals surface area contributed by atoms with Crippen molar-refractivity contribution in [1.29, 1.82) is 0 Å². The van der Waals surface area contributed by atoms with Gasteiger partial charge < -0.3 is 30.2 Å². The van der Waals surface area contributed by atoms with Crippen molar-refractivity contribution in [2.24, 2.45) is 56.5 Å². The molecule has 238 valence electrons. The average Bonchev–Trinajstić information content (AvgIpc) is 3.52. The lowest BCUT2D eigenvalue weighted by Gasteiger charge is -2.63. The Labute approximate surface area is 251 Å². The summed E-state index contributed by atoms with van der Waals surface area (Å²) < 4.78 is 18.3. The number of hydrogen-bond acceptors (Lipinski definition) is 8. The van der Waals surface area contributed by atoms with Gasteiger partial charge in [-0.2, -0.15) is 0 Å². The lowest BCUT2D eigenvalue weighted by molar-refractivity contribution is -0.216. The molecule has 6 fully saturated rings. The van der Waals surface area contributed by atoms with Gasteiger partial charge in [0.1, 0.15) is 6.10 Å². The summed E-state index contributed by atoms with van der Waals surface area (Å²) in [6, 6.07) is 0. The molecule has 42 heavy (non-hydrogen) atoms. The SMILES string of the molecule is CC(=O)O[C@@H]([C@H]1C[C@@H](C)C2[C@H](O1)[C@H](O)[C@@]1(C)[C@@H]3CC[C@H]4C(C)(C)[C@@H](OC(=O)CN)CCC45C[C@@]35CC[C@]21C)C(C)(C)O. The third-order valence-corrected chi connectivity index (χ3v) is 14.5. The number of hydrogen-bond donors (Lipinski definition) is 3. The number of ether oxygens (including phenoxy) is 3. The van der Waals surface area contributed by atoms with E-state index in [1.807, 2.05) is 0 Å². The molecule has 0 amide bonds. The predicted octanol–water partition coefficient (Wildman–Crippen LogP) is 4.37. The summed E-state index contributed by atoms with van der Waals surface area (Å²) in [5.74, 6) is 0.575. The molecule has 0 radical (unpaired) electrons. The quantitative estimate of drug-likeness (QED) is 0.403. The highest BCUT2D eigenvalue weighted by molar-refractivity contribution is 5.71. The smallest absolute Gasteiger partial charge is 0.319 e. The maximum absolute atomic E-state index is 12.4. The molecule has 4 N–H and O–H groups in total. The zero-order chi connectivity index (χ0) is 30.8. The fourth-order valence-electron chi connectivity index (χ4n) is 12.8. The zero-order valence-electron chi connectivity index (χ0n) is 27.1. The molecule has 8 nitrogen and oxygen atoms in total. The number of esters is 2. The van der Waals surface area contributed by atoms with E-state index in [9.17, 15) is 19.8 Å². The van der Waals surface area contributed by atoms with Crippen LogP contribution in [0.2, 0.25) is 0 Å². The van der Waals surface area contributed by atoms with Crippen LogP contribution in [0.15, 0.2) is 0 Å². The van der Waals surface area contributed by atoms with Crippen molar-refractivity contribution >= 4 is 11.9 Å². The van der Waals surface area contributed by atoms with E-state index in [-0.39, 0.29) is 63.6 Å². The molecule has 8 heteroatoms. The Hall–Kier alpha value is -1.22. The molecule has 1 aliphatic heterocycles. The van der Waals surface area contributed by atoms with Crippen molar-refractivity contribution in [2.45, 2.75) is 143 Å². The van der Waals surface area contributed by atoms with Gasteiger partial charge in [0.25, 0.3) is 0 Å². The monoisotopic (exact) mass is 589 g/mol. The molecule has 0 bridgehead atoms. The number of fused-ring (bicyclic) bond motifs is 4. The van der Waals surface area contributed by atoms with Crippen LogP contribution >= 0.6 is 0 Å². The van der Waals surface area contributed by atoms with E-state index in [1.54, 1.807) is 13.8 Å². The molecule has 1 heterocycles. The summed E-state index contributed by atoms with van der Waals surface area (Å²) in [5, 5.41) is 23.4. The minimum atomic E-state index is -1.26. The van der Waals surface area contributed by atoms with Crippen molar-refractivity contribution in [3.05, 3.63) is 0 Å². The molecule has 6 rings (SSSR count). The van der Waals surface area contributed by atoms with Crippen LogP contribution < -0.4 is 5.73 Å². The van der Waals surface area contributed by atoms with E-state index in [1.165, 1.54) is 19.8 Å². The van der Waals surface area contributed by atoms with Gasteiger partial charge in [-0.3, -0.25) is 9.59 Å². The van der Waals surface area contributed by atoms with Gasteiger partial charge in [-0.15, -0.1) is 0 Å². The average molecular weight is 590 g/mol. The second kappa shape index (κ2) is 9.40. The number of carbonyl (C=O) groups excluding carboxylic acids is 2. The Kier molecular flexibility index (Phi) is 6.89. The first-order valence-corrected chi connectivity index (χ1v) is 16.5. The summed E-state index contributed by atoms with van der Waals surface area (Å²) in [7, 11) is 0. The minimum absolute atomic E-state index is 0.0790. The molecular weight excluding hydrogens is 534 g/mol. The van der Waals surface area contributed by atoms with E-state index in [0.29, 0.717) is 18.3 Å². The van der Waals surface area contributed by atoms with Crippen LogP contribution in [0.1, 0.15) is 107 Å². The second-order valence-corrected chi connectivity index (χ2v) is 16.9. The maximum atomic E-state index is 12.4. The fourth-order valence-corrected chi connectivity index (χ4v) is 12.8. The lowest BCUT2D eigenvalue weighted by Crippen LogP contribution is -2.60. The molecule has 1 saturated heterocycles. The highest BCUT2D eigenvalue weighted by Crippen LogP contribution is 2.89. The molecular formula is C34H55NO7. The van der Waals surface area contributed by atoms with Crippen molar-refractivity contribution in [1.82, 2.24) is 0 Å². The highest BCUT2D eigenvalue weighted by atomic mass is 16.6. The molecule has 0 aromatic rings. The van der Waals surface area contributed by atoms with Crippen molar-refractivity contribution in [3.63, 3.8) is 0 Å². The summed E-state index contributed by atoms with van der Waals surface area (Å²) in [6.45, 7) is 16.2. The Morgan fingerprint density at radius 2 is 1.69 bits per heavy atom. The van der Waals surface area contributed by atoms with Gasteiger partial charge >= 0.3 is 11.9 Å². The molecule has 5 aliphatic carbocycles. The number of rotatable bonds is 5. The van der Waals surface area contributed by atoms with Crippen LogP contribution in [-0.4, -0.2) is 64.8 Å². The topological polar surface area (TPSA) is 128 Å². The van der Waals surface area contributed by atoms with Crippen LogP contribution in [0, 0.1) is 50.7 Å². The zero-order valence-corrected chi connectivity index (χ0v) is 27.1. The summed E-state index contributed by atoms with van der Waals surface area (Å²) in [5.41, 5.74) is 4.27. The van der Waals surface area contributed by atoms with E-state index < -0.39 is 29.9 Å². The standard InChI is InChI=1S/C34H55NO7/c1-18-15-20(28(30(5,6)39)40-19(2)36)41-26-25(18)31(7)13-14-34-17-33(34)12-11-23(42-24(37)16-35)29(3,4)21(33)9-10-22(34)32(31,8)27(26)38/h18,20-23,25-28,38-39H,9-17,35H2,1-8H3/t18-,20-,21+,22+,23+,25?,26+,27+,28+,31-,32-,33?,34+/m1/s1. The van der Waals surface area contributed by atoms with Crippen LogP contribution in [0.5, 0.6) is 0 Å². The van der Waals surface area contributed by atoms with E-state index in [4.69, 9.17) is 19.9 Å². The Bertz CT molecular complexity index is 1130. The van der Waals surface area contributed by atoms with E-state index >= 15 is 0 Å². The van der Waals surface area contributed by atoms with Gasteiger partial charge in [0.05, 0.1) is 30.5 Å². The number of aliphatic hydroxyl groups excluding tert-OH is 1. The Balaban J connectivity index is 1.31. The van der Waals surface area contributed by atoms with Crippen molar-refractivity contribution < 1.29 is 34.0 Å². The number of nitrogens with two attached hydrogens (primary N) is 1. The predicted molar refractivity (Wildman–Crippen MR) is 157 cm³/mol. The normalized spacial score (nSPS) is 51.1. The first-order valence-electron chi connectivity index (χ1n) is 16.5. The molecule has 13 atom stereocenters. The first kappa shape index (κ1) is 30.8. The van der Waals surface area contributed by atoms with Gasteiger partial charge in [0, 0.05) is 17.8 Å². The fraction of sp³-hybridized carbons (Fsp3) is 0.941. The molecule has 2 unspecified atom stereocenters. The van der Waals surface area contributed by atoms with Crippen LogP contribution in [0.4, 0.5) is 0 Å². The summed E-state index contributed by atoms with van der Waals surface area (Å²) in [4.78, 5) is 24.2. The molecule has 0 aromatic heterocycles. The van der Waals surface area contributed by atoms with Gasteiger partial charge in [-0.25, -0.2) is 0 Å². The highest BCUT2D eigenvalue weighted by Gasteiger charge is 2.84. The van der Waals surface area contributed by atoms with Crippen LogP contribution in [0.3, 0.4) is 0 Å². The van der Waals surface area contributed by atoms with Gasteiger partial charge in [0.15, 0.2) is 6.10 Å². The Morgan fingerprint density at radius 1 is 1.05 bits per heavy atom.